The van der Waals surface area contributed by atoms with Crippen molar-refractivity contribution in [3.8, 4) is 0 Å². The summed E-state index contributed by atoms with van der Waals surface area (Å²) < 4.78 is 32.5. The number of esters is 1. The first-order valence-corrected chi connectivity index (χ1v) is 10.4. The summed E-state index contributed by atoms with van der Waals surface area (Å²) in [7, 11) is -3.80. The van der Waals surface area contributed by atoms with Crippen molar-refractivity contribution in [1.29, 1.82) is 0 Å². The Hall–Kier alpha value is -2.71. The minimum atomic E-state index is -3.80. The molecular formula is C20H24N2O5S. The van der Waals surface area contributed by atoms with E-state index in [0.717, 1.165) is 5.56 Å². The highest BCUT2D eigenvalue weighted by molar-refractivity contribution is 7.89. The van der Waals surface area contributed by atoms with Crippen LogP contribution in [0.2, 0.25) is 0 Å². The molecule has 0 aliphatic rings. The van der Waals surface area contributed by atoms with E-state index in [1.165, 1.54) is 24.3 Å². The fourth-order valence-electron chi connectivity index (χ4n) is 2.53. The molecule has 0 bridgehead atoms. The number of rotatable bonds is 9. The summed E-state index contributed by atoms with van der Waals surface area (Å²) in [5, 5.41) is 0. The topological polar surface area (TPSA) is 92.8 Å². The van der Waals surface area contributed by atoms with Crippen molar-refractivity contribution in [3.05, 3.63) is 65.7 Å². The number of nitrogens with one attached hydrogen (secondary N) is 1. The molecule has 0 unspecified atom stereocenters. The average molecular weight is 404 g/mol. The number of carbonyl (C=O) groups excluding carboxylic acids is 2. The molecule has 2 aromatic rings. The molecule has 1 amide bonds. The maximum Gasteiger partial charge on any atom is 0.338 e. The zero-order valence-corrected chi connectivity index (χ0v) is 16.7. The first kappa shape index (κ1) is 21.6. The van der Waals surface area contributed by atoms with E-state index in [1.807, 2.05) is 44.2 Å². The zero-order chi connectivity index (χ0) is 20.6. The van der Waals surface area contributed by atoms with Crippen molar-refractivity contribution < 1.29 is 22.7 Å². The summed E-state index contributed by atoms with van der Waals surface area (Å²) in [6.07, 6.45) is 0. The molecule has 2 aromatic carbocycles. The third-order valence-electron chi connectivity index (χ3n) is 4.13. The zero-order valence-electron chi connectivity index (χ0n) is 15.9. The molecule has 28 heavy (non-hydrogen) atoms. The van der Waals surface area contributed by atoms with E-state index in [4.69, 9.17) is 4.74 Å². The summed E-state index contributed by atoms with van der Waals surface area (Å²) in [5.41, 5.74) is 0.881. The Morgan fingerprint density at radius 2 is 1.68 bits per heavy atom. The Morgan fingerprint density at radius 3 is 2.32 bits per heavy atom. The van der Waals surface area contributed by atoms with Gasteiger partial charge in [0.1, 0.15) is 0 Å². The summed E-state index contributed by atoms with van der Waals surface area (Å²) in [5.74, 6) is -1.05. The molecule has 0 spiro atoms. The normalized spacial score (nSPS) is 11.1. The van der Waals surface area contributed by atoms with Gasteiger partial charge in [-0.15, -0.1) is 0 Å². The summed E-state index contributed by atoms with van der Waals surface area (Å²) >= 11 is 0. The van der Waals surface area contributed by atoms with Crippen LogP contribution in [-0.2, 0) is 26.1 Å². The highest BCUT2D eigenvalue weighted by Gasteiger charge is 2.18. The number of benzene rings is 2. The number of sulfonamides is 1. The van der Waals surface area contributed by atoms with Crippen molar-refractivity contribution in [2.75, 3.05) is 19.7 Å². The van der Waals surface area contributed by atoms with Crippen LogP contribution in [0.5, 0.6) is 0 Å². The van der Waals surface area contributed by atoms with E-state index >= 15 is 0 Å². The Morgan fingerprint density at radius 1 is 1.00 bits per heavy atom. The number of hydrogen-bond acceptors (Lipinski definition) is 5. The van der Waals surface area contributed by atoms with E-state index in [9.17, 15) is 18.0 Å². The maximum atomic E-state index is 12.5. The number of ether oxygens (including phenoxy) is 1. The molecule has 0 radical (unpaired) electrons. The Kier molecular flexibility index (Phi) is 7.71. The van der Waals surface area contributed by atoms with Gasteiger partial charge < -0.3 is 9.64 Å². The van der Waals surface area contributed by atoms with E-state index in [1.54, 1.807) is 4.90 Å². The molecule has 0 atom stereocenters. The van der Waals surface area contributed by atoms with Crippen LogP contribution in [0, 0.1) is 0 Å². The van der Waals surface area contributed by atoms with Crippen molar-refractivity contribution in [3.63, 3.8) is 0 Å². The van der Waals surface area contributed by atoms with Gasteiger partial charge in [0, 0.05) is 19.6 Å². The molecular weight excluding hydrogens is 380 g/mol. The number of carbonyl (C=O) groups is 2. The minimum absolute atomic E-state index is 0.0482. The van der Waals surface area contributed by atoms with Gasteiger partial charge in [-0.25, -0.2) is 17.9 Å². The Labute approximate surface area is 165 Å². The quantitative estimate of drug-likeness (QED) is 0.647. The van der Waals surface area contributed by atoms with Crippen molar-refractivity contribution in [2.24, 2.45) is 0 Å². The van der Waals surface area contributed by atoms with Crippen molar-refractivity contribution in [2.45, 2.75) is 25.3 Å². The third-order valence-corrected chi connectivity index (χ3v) is 5.53. The molecule has 150 valence electrons. The molecule has 0 fully saturated rings. The predicted molar refractivity (Wildman–Crippen MR) is 105 cm³/mol. The van der Waals surface area contributed by atoms with Crippen molar-refractivity contribution in [1.82, 2.24) is 9.62 Å². The molecule has 8 heteroatoms. The van der Waals surface area contributed by atoms with Crippen LogP contribution in [-0.4, -0.2) is 44.9 Å². The van der Waals surface area contributed by atoms with Gasteiger partial charge in [-0.2, -0.15) is 0 Å². The number of nitrogens with zero attached hydrogens (tertiary/aromatic N) is 1. The molecule has 0 saturated heterocycles. The smallest absolute Gasteiger partial charge is 0.338 e. The second-order valence-corrected chi connectivity index (χ2v) is 7.75. The fourth-order valence-corrected chi connectivity index (χ4v) is 3.59. The van der Waals surface area contributed by atoms with E-state index in [0.29, 0.717) is 13.1 Å². The van der Waals surface area contributed by atoms with Crippen LogP contribution in [0.3, 0.4) is 0 Å². The average Bonchev–Trinajstić information content (AvgIpc) is 2.72. The summed E-state index contributed by atoms with van der Waals surface area (Å²) in [6.45, 7) is 4.46. The lowest BCUT2D eigenvalue weighted by Gasteiger charge is -2.18. The summed E-state index contributed by atoms with van der Waals surface area (Å²) in [6, 6.07) is 14.6. The Balaban J connectivity index is 2.03. The highest BCUT2D eigenvalue weighted by Crippen LogP contribution is 2.13. The molecule has 0 heterocycles. The lowest BCUT2D eigenvalue weighted by Crippen LogP contribution is -2.34. The SMILES string of the molecule is CCN(CC)C(=O)COC(=O)c1cccc(S(=O)(=O)NCc2ccccc2)c1. The molecule has 0 aliphatic heterocycles. The molecule has 0 aromatic heterocycles. The van der Waals surface area contributed by atoms with Gasteiger partial charge >= 0.3 is 5.97 Å². The lowest BCUT2D eigenvalue weighted by molar-refractivity contribution is -0.134. The fraction of sp³-hybridized carbons (Fsp3) is 0.300. The first-order chi connectivity index (χ1) is 13.4. The third kappa shape index (κ3) is 5.90. The largest absolute Gasteiger partial charge is 0.452 e. The first-order valence-electron chi connectivity index (χ1n) is 8.96. The van der Waals surface area contributed by atoms with Crippen LogP contribution < -0.4 is 4.72 Å². The van der Waals surface area contributed by atoms with Crippen LogP contribution in [0.15, 0.2) is 59.5 Å². The maximum absolute atomic E-state index is 12.5. The second-order valence-electron chi connectivity index (χ2n) is 5.98. The molecule has 2 rings (SSSR count). The van der Waals surface area contributed by atoms with Crippen LogP contribution >= 0.6 is 0 Å². The van der Waals surface area contributed by atoms with E-state index < -0.39 is 16.0 Å². The van der Waals surface area contributed by atoms with Crippen molar-refractivity contribution >= 4 is 21.9 Å². The van der Waals surface area contributed by atoms with Crippen LogP contribution in [0.25, 0.3) is 0 Å². The second kappa shape index (κ2) is 10.0. The lowest BCUT2D eigenvalue weighted by atomic mass is 10.2. The number of likely N-dealkylation sites (N-methyl/N-ethyl adjacent to an activating group) is 1. The molecule has 0 saturated carbocycles. The van der Waals surface area contributed by atoms with E-state index in [-0.39, 0.29) is 29.5 Å². The standard InChI is InChI=1S/C20H24N2O5S/c1-3-22(4-2)19(23)15-27-20(24)17-11-8-12-18(13-17)28(25,26)21-14-16-9-6-5-7-10-16/h5-13,21H,3-4,14-15H2,1-2H3. The predicted octanol–water partition coefficient (Wildman–Crippen LogP) is 2.19. The van der Waals surface area contributed by atoms with Gasteiger partial charge in [-0.3, -0.25) is 4.79 Å². The molecule has 0 aliphatic carbocycles. The molecule has 7 nitrogen and oxygen atoms in total. The van der Waals surface area contributed by atoms with E-state index in [2.05, 4.69) is 4.72 Å². The van der Waals surface area contributed by atoms with Gasteiger partial charge in [-0.1, -0.05) is 36.4 Å². The minimum Gasteiger partial charge on any atom is -0.452 e. The molecule has 1 N–H and O–H groups in total. The number of amides is 1. The van der Waals surface area contributed by atoms with Gasteiger partial charge in [-0.05, 0) is 37.6 Å². The van der Waals surface area contributed by atoms with Crippen LogP contribution in [0.1, 0.15) is 29.8 Å². The van der Waals surface area contributed by atoms with Gasteiger partial charge in [0.25, 0.3) is 5.91 Å². The monoisotopic (exact) mass is 404 g/mol. The van der Waals surface area contributed by atoms with Crippen LogP contribution in [0.4, 0.5) is 0 Å². The van der Waals surface area contributed by atoms with Gasteiger partial charge in [0.2, 0.25) is 10.0 Å². The Bertz CT molecular complexity index is 909. The number of hydrogen-bond donors (Lipinski definition) is 1. The van der Waals surface area contributed by atoms with Gasteiger partial charge in [0.15, 0.2) is 6.61 Å². The highest BCUT2D eigenvalue weighted by atomic mass is 32.2. The summed E-state index contributed by atoms with van der Waals surface area (Å²) in [4.78, 5) is 25.6. The van der Waals surface area contributed by atoms with Gasteiger partial charge in [0.05, 0.1) is 10.5 Å².